The fourth-order valence-corrected chi connectivity index (χ4v) is 2.07. The van der Waals surface area contributed by atoms with E-state index in [1.807, 2.05) is 24.3 Å². The van der Waals surface area contributed by atoms with E-state index in [4.69, 9.17) is 24.5 Å². The molecule has 3 N–H and O–H groups in total. The van der Waals surface area contributed by atoms with Gasteiger partial charge in [-0.1, -0.05) is 24.3 Å². The Bertz CT molecular complexity index is 747. The molecule has 0 atom stereocenters. The number of hydrogen-bond acceptors (Lipinski definition) is 4. The predicted octanol–water partition coefficient (Wildman–Crippen LogP) is 3.20. The summed E-state index contributed by atoms with van der Waals surface area (Å²) in [5.41, 5.74) is 1.40. The summed E-state index contributed by atoms with van der Waals surface area (Å²) in [6, 6.07) is 13.0. The highest BCUT2D eigenvalue weighted by atomic mass is 19.4. The Morgan fingerprint density at radius 1 is 0.929 bits per heavy atom. The molecule has 0 unspecified atom stereocenters. The summed E-state index contributed by atoms with van der Waals surface area (Å²) in [4.78, 5) is 18.2. The lowest BCUT2D eigenvalue weighted by atomic mass is 10.1. The van der Waals surface area contributed by atoms with Gasteiger partial charge in [0, 0.05) is 6.54 Å². The molecule has 2 aromatic carbocycles. The Labute approximate surface area is 159 Å². The van der Waals surface area contributed by atoms with Gasteiger partial charge < -0.3 is 20.3 Å². The molecule has 0 aliphatic carbocycles. The minimum absolute atomic E-state index is 0.550. The van der Waals surface area contributed by atoms with Gasteiger partial charge in [0.2, 0.25) is 0 Å². The van der Waals surface area contributed by atoms with Gasteiger partial charge in [0.05, 0.1) is 12.7 Å². The molecule has 0 bridgehead atoms. The highest BCUT2D eigenvalue weighted by Crippen LogP contribution is 2.29. The summed E-state index contributed by atoms with van der Waals surface area (Å²) in [7, 11) is 1.63. The van der Waals surface area contributed by atoms with Crippen LogP contribution in [0.1, 0.15) is 16.7 Å². The van der Waals surface area contributed by atoms with Crippen molar-refractivity contribution in [2.45, 2.75) is 19.1 Å². The first-order chi connectivity index (χ1) is 13.1. The highest BCUT2D eigenvalue weighted by Gasteiger charge is 2.29. The first-order valence-corrected chi connectivity index (χ1v) is 8.09. The first-order valence-electron chi connectivity index (χ1n) is 8.09. The molecule has 2 aromatic rings. The van der Waals surface area contributed by atoms with Gasteiger partial charge in [-0.2, -0.15) is 13.2 Å². The minimum Gasteiger partial charge on any atom is -0.497 e. The van der Waals surface area contributed by atoms with E-state index in [1.165, 1.54) is 17.7 Å². The maximum absolute atomic E-state index is 12.4. The van der Waals surface area contributed by atoms with Crippen LogP contribution < -0.4 is 10.1 Å². The molecule has 0 amide bonds. The monoisotopic (exact) mass is 399 g/mol. The van der Waals surface area contributed by atoms with Crippen LogP contribution in [-0.4, -0.2) is 35.8 Å². The van der Waals surface area contributed by atoms with Crippen LogP contribution in [0, 0.1) is 0 Å². The van der Waals surface area contributed by atoms with E-state index in [2.05, 4.69) is 5.32 Å². The molecule has 0 saturated heterocycles. The zero-order valence-electron chi connectivity index (χ0n) is 15.0. The van der Waals surface area contributed by atoms with E-state index in [1.54, 1.807) is 7.11 Å². The molecule has 0 spiro atoms. The van der Waals surface area contributed by atoms with Crippen molar-refractivity contribution in [1.29, 1.82) is 0 Å². The second-order valence-corrected chi connectivity index (χ2v) is 5.58. The topological polar surface area (TPSA) is 95.9 Å². The normalized spacial score (nSPS) is 10.6. The van der Waals surface area contributed by atoms with Gasteiger partial charge in [0.15, 0.2) is 0 Å². The van der Waals surface area contributed by atoms with Gasteiger partial charge in [-0.25, -0.2) is 9.59 Å². The number of ether oxygens (including phenoxy) is 1. The molecule has 28 heavy (non-hydrogen) atoms. The van der Waals surface area contributed by atoms with Crippen molar-refractivity contribution in [1.82, 2.24) is 5.32 Å². The largest absolute Gasteiger partial charge is 0.497 e. The number of benzene rings is 2. The number of carbonyl (C=O) groups is 2. The van der Waals surface area contributed by atoms with Gasteiger partial charge in [0.1, 0.15) is 5.75 Å². The van der Waals surface area contributed by atoms with Crippen LogP contribution in [-0.2, 0) is 28.7 Å². The van der Waals surface area contributed by atoms with Crippen molar-refractivity contribution >= 4 is 11.9 Å². The van der Waals surface area contributed by atoms with Crippen LogP contribution in [0.5, 0.6) is 5.75 Å². The SMILES string of the molecule is COc1ccc(CCNCc2ccc(C(F)(F)F)cc2)cc1.O=C(O)C(=O)O. The first kappa shape index (κ1) is 23.0. The molecule has 9 heteroatoms. The van der Waals surface area contributed by atoms with Crippen LogP contribution >= 0.6 is 0 Å². The summed E-state index contributed by atoms with van der Waals surface area (Å²) < 4.78 is 42.4. The Balaban J connectivity index is 0.000000568. The summed E-state index contributed by atoms with van der Waals surface area (Å²) >= 11 is 0. The van der Waals surface area contributed by atoms with Gasteiger partial charge in [0.25, 0.3) is 0 Å². The summed E-state index contributed by atoms with van der Waals surface area (Å²) in [6.45, 7) is 1.31. The van der Waals surface area contributed by atoms with E-state index >= 15 is 0 Å². The molecule has 0 aromatic heterocycles. The second-order valence-electron chi connectivity index (χ2n) is 5.58. The van der Waals surface area contributed by atoms with E-state index < -0.39 is 23.7 Å². The molecule has 0 aliphatic rings. The van der Waals surface area contributed by atoms with Crippen LogP contribution in [0.4, 0.5) is 13.2 Å². The van der Waals surface area contributed by atoms with E-state index in [-0.39, 0.29) is 0 Å². The number of halogens is 3. The van der Waals surface area contributed by atoms with Crippen molar-refractivity contribution in [3.63, 3.8) is 0 Å². The van der Waals surface area contributed by atoms with Crippen molar-refractivity contribution < 1.29 is 37.7 Å². The number of alkyl halides is 3. The molecule has 152 valence electrons. The average Bonchev–Trinajstić information content (AvgIpc) is 2.66. The van der Waals surface area contributed by atoms with Gasteiger partial charge in [-0.05, 0) is 48.4 Å². The number of rotatable bonds is 6. The molecule has 0 fully saturated rings. The number of carboxylic acids is 2. The average molecular weight is 399 g/mol. The lowest BCUT2D eigenvalue weighted by molar-refractivity contribution is -0.159. The molecule has 2 rings (SSSR count). The molecule has 0 saturated carbocycles. The Kier molecular flexibility index (Phi) is 8.97. The fraction of sp³-hybridized carbons (Fsp3) is 0.263. The quantitative estimate of drug-likeness (QED) is 0.510. The zero-order chi connectivity index (χ0) is 21.2. The molecule has 0 radical (unpaired) electrons. The summed E-state index contributed by atoms with van der Waals surface area (Å²) in [5, 5.41) is 18.0. The smallest absolute Gasteiger partial charge is 0.416 e. The molecular weight excluding hydrogens is 379 g/mol. The third kappa shape index (κ3) is 8.54. The van der Waals surface area contributed by atoms with Gasteiger partial charge in [-0.15, -0.1) is 0 Å². The summed E-state index contributed by atoms with van der Waals surface area (Å²) in [5.74, 6) is -2.83. The zero-order valence-corrected chi connectivity index (χ0v) is 15.0. The lowest BCUT2D eigenvalue weighted by Gasteiger charge is -2.09. The van der Waals surface area contributed by atoms with Crippen LogP contribution in [0.2, 0.25) is 0 Å². The van der Waals surface area contributed by atoms with Crippen molar-refractivity contribution in [3.05, 3.63) is 65.2 Å². The Hall–Kier alpha value is -3.07. The maximum Gasteiger partial charge on any atom is 0.416 e. The molecule has 0 aliphatic heterocycles. The summed E-state index contributed by atoms with van der Waals surface area (Å²) in [6.07, 6.45) is -3.43. The van der Waals surface area contributed by atoms with Crippen LogP contribution in [0.15, 0.2) is 48.5 Å². The molecule has 6 nitrogen and oxygen atoms in total. The minimum atomic E-state index is -4.28. The number of aliphatic carboxylic acids is 2. The Morgan fingerprint density at radius 2 is 1.43 bits per heavy atom. The third-order valence-corrected chi connectivity index (χ3v) is 3.54. The molecule has 0 heterocycles. The Morgan fingerprint density at radius 3 is 1.86 bits per heavy atom. The third-order valence-electron chi connectivity index (χ3n) is 3.54. The van der Waals surface area contributed by atoms with Gasteiger partial charge in [-0.3, -0.25) is 0 Å². The van der Waals surface area contributed by atoms with Crippen molar-refractivity contribution in [3.8, 4) is 5.75 Å². The van der Waals surface area contributed by atoms with Gasteiger partial charge >= 0.3 is 18.1 Å². The van der Waals surface area contributed by atoms with E-state index in [0.29, 0.717) is 6.54 Å². The van der Waals surface area contributed by atoms with E-state index in [9.17, 15) is 13.2 Å². The lowest BCUT2D eigenvalue weighted by Crippen LogP contribution is -2.16. The van der Waals surface area contributed by atoms with Crippen LogP contribution in [0.3, 0.4) is 0 Å². The van der Waals surface area contributed by atoms with Crippen molar-refractivity contribution in [2.75, 3.05) is 13.7 Å². The number of methoxy groups -OCH3 is 1. The predicted molar refractivity (Wildman–Crippen MR) is 95.1 cm³/mol. The molecular formula is C19H20F3NO5. The fourth-order valence-electron chi connectivity index (χ4n) is 2.07. The maximum atomic E-state index is 12.4. The van der Waals surface area contributed by atoms with Crippen molar-refractivity contribution in [2.24, 2.45) is 0 Å². The highest BCUT2D eigenvalue weighted by molar-refractivity contribution is 6.27. The standard InChI is InChI=1S/C17H18F3NO.C2H2O4/c1-22-16-8-4-13(5-9-16)10-11-21-12-14-2-6-15(7-3-14)17(18,19)20;3-1(4)2(5)6/h2-9,21H,10-12H2,1H3;(H,3,4)(H,5,6). The number of hydrogen-bond donors (Lipinski definition) is 3. The number of carboxylic acid groups (broad SMARTS) is 2. The van der Waals surface area contributed by atoms with Crippen LogP contribution in [0.25, 0.3) is 0 Å². The number of nitrogens with one attached hydrogen (secondary N) is 1. The second kappa shape index (κ2) is 10.9. The van der Waals surface area contributed by atoms with E-state index in [0.717, 1.165) is 36.4 Å².